The highest BCUT2D eigenvalue weighted by atomic mass is 14.7. The van der Waals surface area contributed by atoms with Gasteiger partial charge in [-0.2, -0.15) is 0 Å². The minimum atomic E-state index is 0.250. The molecule has 2 rings (SSSR count). The lowest BCUT2D eigenvalue weighted by Gasteiger charge is -2.23. The van der Waals surface area contributed by atoms with E-state index in [0.29, 0.717) is 5.92 Å². The maximum absolute atomic E-state index is 6.46. The van der Waals surface area contributed by atoms with Crippen molar-refractivity contribution in [2.45, 2.75) is 57.9 Å². The predicted molar refractivity (Wildman–Crippen MR) is 73.9 cm³/mol. The van der Waals surface area contributed by atoms with Gasteiger partial charge in [0, 0.05) is 6.04 Å². The number of rotatable bonds is 3. The van der Waals surface area contributed by atoms with Crippen molar-refractivity contribution < 1.29 is 0 Å². The Bertz CT molecular complexity index is 337. The van der Waals surface area contributed by atoms with Crippen LogP contribution in [0.2, 0.25) is 0 Å². The van der Waals surface area contributed by atoms with E-state index in [2.05, 4.69) is 31.2 Å². The third-order valence-electron chi connectivity index (χ3n) is 4.15. The molecule has 94 valence electrons. The largest absolute Gasteiger partial charge is 0.324 e. The van der Waals surface area contributed by atoms with Gasteiger partial charge in [0.2, 0.25) is 0 Å². The number of hydrogen-bond donors (Lipinski definition) is 1. The number of benzene rings is 1. The topological polar surface area (TPSA) is 26.0 Å². The van der Waals surface area contributed by atoms with Gasteiger partial charge in [-0.15, -0.1) is 0 Å². The summed E-state index contributed by atoms with van der Waals surface area (Å²) in [7, 11) is 0. The van der Waals surface area contributed by atoms with Crippen molar-refractivity contribution in [2.24, 2.45) is 11.7 Å². The maximum atomic E-state index is 6.46. The Morgan fingerprint density at radius 1 is 1.18 bits per heavy atom. The minimum Gasteiger partial charge on any atom is -0.324 e. The van der Waals surface area contributed by atoms with Crippen LogP contribution < -0.4 is 5.73 Å². The van der Waals surface area contributed by atoms with Crippen LogP contribution in [0.3, 0.4) is 0 Å². The highest BCUT2D eigenvalue weighted by Gasteiger charge is 2.20. The lowest BCUT2D eigenvalue weighted by Crippen LogP contribution is -2.21. The first-order chi connectivity index (χ1) is 8.31. The molecule has 17 heavy (non-hydrogen) atoms. The first kappa shape index (κ1) is 12.6. The molecule has 1 fully saturated rings. The van der Waals surface area contributed by atoms with Gasteiger partial charge >= 0.3 is 0 Å². The van der Waals surface area contributed by atoms with Crippen LogP contribution in [0.1, 0.15) is 62.6 Å². The quantitative estimate of drug-likeness (QED) is 0.774. The van der Waals surface area contributed by atoms with Gasteiger partial charge in [0.15, 0.2) is 0 Å². The average Bonchev–Trinajstić information content (AvgIpc) is 2.67. The van der Waals surface area contributed by atoms with Crippen LogP contribution in [0.15, 0.2) is 24.3 Å². The summed E-state index contributed by atoms with van der Waals surface area (Å²) in [5.74, 6) is 0.699. The van der Waals surface area contributed by atoms with E-state index in [4.69, 9.17) is 5.73 Å². The van der Waals surface area contributed by atoms with Crippen LogP contribution in [-0.2, 0) is 6.42 Å². The third kappa shape index (κ3) is 3.32. The molecule has 1 aromatic carbocycles. The van der Waals surface area contributed by atoms with E-state index in [1.165, 1.54) is 49.7 Å². The van der Waals surface area contributed by atoms with E-state index in [1.807, 2.05) is 0 Å². The van der Waals surface area contributed by atoms with Gasteiger partial charge in [0.1, 0.15) is 0 Å². The highest BCUT2D eigenvalue weighted by molar-refractivity contribution is 5.26. The zero-order valence-corrected chi connectivity index (χ0v) is 11.0. The summed E-state index contributed by atoms with van der Waals surface area (Å²) in [5, 5.41) is 0. The first-order valence-electron chi connectivity index (χ1n) is 7.15. The normalized spacial score (nSPS) is 19.9. The third-order valence-corrected chi connectivity index (χ3v) is 4.15. The lowest BCUT2D eigenvalue weighted by atomic mass is 9.87. The number of nitrogens with two attached hydrogens (primary N) is 1. The van der Waals surface area contributed by atoms with E-state index in [-0.39, 0.29) is 6.04 Å². The molecule has 0 amide bonds. The van der Waals surface area contributed by atoms with Crippen molar-refractivity contribution >= 4 is 0 Å². The van der Waals surface area contributed by atoms with Crippen molar-refractivity contribution in [3.63, 3.8) is 0 Å². The van der Waals surface area contributed by atoms with Crippen LogP contribution >= 0.6 is 0 Å². The fourth-order valence-corrected chi connectivity index (χ4v) is 2.96. The zero-order valence-electron chi connectivity index (χ0n) is 11.0. The Labute approximate surface area is 105 Å². The summed E-state index contributed by atoms with van der Waals surface area (Å²) >= 11 is 0. The van der Waals surface area contributed by atoms with Gasteiger partial charge in [0.25, 0.3) is 0 Å². The molecule has 1 aliphatic carbocycles. The van der Waals surface area contributed by atoms with Gasteiger partial charge in [-0.3, -0.25) is 0 Å². The highest BCUT2D eigenvalue weighted by Crippen LogP contribution is 2.32. The van der Waals surface area contributed by atoms with E-state index in [0.717, 1.165) is 6.42 Å². The Balaban J connectivity index is 2.08. The Morgan fingerprint density at radius 3 is 2.53 bits per heavy atom. The van der Waals surface area contributed by atoms with Gasteiger partial charge in [-0.25, -0.2) is 0 Å². The summed E-state index contributed by atoms with van der Waals surface area (Å²) < 4.78 is 0. The molecule has 1 heteroatoms. The Morgan fingerprint density at radius 2 is 1.88 bits per heavy atom. The minimum absolute atomic E-state index is 0.250. The molecule has 2 N–H and O–H groups in total. The van der Waals surface area contributed by atoms with Crippen molar-refractivity contribution in [3.05, 3.63) is 35.4 Å². The lowest BCUT2D eigenvalue weighted by molar-refractivity contribution is 0.382. The van der Waals surface area contributed by atoms with E-state index in [1.54, 1.807) is 0 Å². The predicted octanol–water partition coefficient (Wildman–Crippen LogP) is 4.22. The fourth-order valence-electron chi connectivity index (χ4n) is 2.96. The van der Waals surface area contributed by atoms with E-state index < -0.39 is 0 Å². The van der Waals surface area contributed by atoms with Crippen LogP contribution in [-0.4, -0.2) is 0 Å². The van der Waals surface area contributed by atoms with Crippen LogP contribution in [0, 0.1) is 5.92 Å². The van der Waals surface area contributed by atoms with Crippen LogP contribution in [0.5, 0.6) is 0 Å². The summed E-state index contributed by atoms with van der Waals surface area (Å²) in [6.07, 6.45) is 9.27. The van der Waals surface area contributed by atoms with E-state index >= 15 is 0 Å². The van der Waals surface area contributed by atoms with Crippen molar-refractivity contribution in [1.82, 2.24) is 0 Å². The van der Waals surface area contributed by atoms with Gasteiger partial charge in [0.05, 0.1) is 0 Å². The summed E-state index contributed by atoms with van der Waals surface area (Å²) in [6.45, 7) is 2.20. The van der Waals surface area contributed by atoms with Gasteiger partial charge in [-0.1, -0.05) is 56.9 Å². The van der Waals surface area contributed by atoms with Crippen molar-refractivity contribution in [3.8, 4) is 0 Å². The molecule has 1 saturated carbocycles. The van der Waals surface area contributed by atoms with Gasteiger partial charge in [-0.05, 0) is 36.3 Å². The smallest absolute Gasteiger partial charge is 0.0323 e. The van der Waals surface area contributed by atoms with Gasteiger partial charge < -0.3 is 5.73 Å². The monoisotopic (exact) mass is 231 g/mol. The standard InChI is InChI=1S/C16H25N/c1-2-13-8-7-11-15(12-13)16(17)14-9-5-3-4-6-10-14/h7-8,11-12,14,16H,2-6,9-10,17H2,1H3. The molecule has 0 aliphatic heterocycles. The van der Waals surface area contributed by atoms with E-state index in [9.17, 15) is 0 Å². The molecular formula is C16H25N. The molecule has 0 saturated heterocycles. The molecule has 0 spiro atoms. The van der Waals surface area contributed by atoms with Crippen molar-refractivity contribution in [2.75, 3.05) is 0 Å². The Hall–Kier alpha value is -0.820. The average molecular weight is 231 g/mol. The SMILES string of the molecule is CCc1cccc(C(N)C2CCCCCC2)c1. The first-order valence-corrected chi connectivity index (χ1v) is 7.15. The molecule has 0 radical (unpaired) electrons. The van der Waals surface area contributed by atoms with Crippen LogP contribution in [0.4, 0.5) is 0 Å². The summed E-state index contributed by atoms with van der Waals surface area (Å²) in [5.41, 5.74) is 9.22. The summed E-state index contributed by atoms with van der Waals surface area (Å²) in [6, 6.07) is 9.11. The molecule has 1 aliphatic rings. The fraction of sp³-hybridized carbons (Fsp3) is 0.625. The van der Waals surface area contributed by atoms with Crippen LogP contribution in [0.25, 0.3) is 0 Å². The molecule has 1 atom stereocenters. The Kier molecular flexibility index (Phi) is 4.61. The molecule has 0 aromatic heterocycles. The molecule has 0 heterocycles. The molecule has 0 bridgehead atoms. The number of aryl methyl sites for hydroxylation is 1. The molecule has 1 aromatic rings. The second-order valence-electron chi connectivity index (χ2n) is 5.38. The summed E-state index contributed by atoms with van der Waals surface area (Å²) in [4.78, 5) is 0. The second kappa shape index (κ2) is 6.20. The second-order valence-corrected chi connectivity index (χ2v) is 5.38. The number of hydrogen-bond acceptors (Lipinski definition) is 1. The maximum Gasteiger partial charge on any atom is 0.0323 e. The molecule has 1 unspecified atom stereocenters. The molecular weight excluding hydrogens is 206 g/mol. The zero-order chi connectivity index (χ0) is 12.1. The molecule has 1 nitrogen and oxygen atoms in total. The van der Waals surface area contributed by atoms with Crippen molar-refractivity contribution in [1.29, 1.82) is 0 Å².